The maximum atomic E-state index is 14.0. The van der Waals surface area contributed by atoms with Crippen molar-refractivity contribution < 1.29 is 33.3 Å². The average molecular weight is 598 g/mol. The average Bonchev–Trinajstić information content (AvgIpc) is 3.47. The van der Waals surface area contributed by atoms with Crippen molar-refractivity contribution in [3.63, 3.8) is 0 Å². The number of hydrogen-bond acceptors (Lipinski definition) is 9. The van der Waals surface area contributed by atoms with E-state index in [-0.39, 0.29) is 24.5 Å². The van der Waals surface area contributed by atoms with Gasteiger partial charge in [0.05, 0.1) is 53.4 Å². The molecule has 0 saturated carbocycles. The van der Waals surface area contributed by atoms with Crippen LogP contribution in [0.4, 0.5) is 4.79 Å². The van der Waals surface area contributed by atoms with E-state index >= 15 is 0 Å². The summed E-state index contributed by atoms with van der Waals surface area (Å²) in [6.45, 7) is 7.58. The molecule has 2 aromatic rings. The molecule has 3 amide bonds. The second kappa shape index (κ2) is 14.9. The van der Waals surface area contributed by atoms with Gasteiger partial charge in [-0.1, -0.05) is 6.07 Å². The third-order valence-corrected chi connectivity index (χ3v) is 7.49. The standard InChI is InChI=1S/C31H43N5O7/c1-21(2)32-31(38)35(12-11-34-13-15-43-16-14-34)20-30(37)36-26(22-7-10-27(40-4)29(17-22)42-6)19-25(33-36)24-9-8-23(39-3)18-28(24)41-5/h7-10,17-18,21,26H,11-16,19-20H2,1-6H3,(H,32,38). The Hall–Kier alpha value is -4.03. The van der Waals surface area contributed by atoms with E-state index < -0.39 is 6.04 Å². The summed E-state index contributed by atoms with van der Waals surface area (Å²) in [5.41, 5.74) is 2.26. The van der Waals surface area contributed by atoms with Crippen LogP contribution in [0.25, 0.3) is 0 Å². The van der Waals surface area contributed by atoms with E-state index in [1.54, 1.807) is 39.4 Å². The van der Waals surface area contributed by atoms with Crippen molar-refractivity contribution in [2.45, 2.75) is 32.4 Å². The minimum Gasteiger partial charge on any atom is -0.497 e. The van der Waals surface area contributed by atoms with Gasteiger partial charge in [0, 0.05) is 50.3 Å². The molecule has 0 aromatic heterocycles. The highest BCUT2D eigenvalue weighted by atomic mass is 16.5. The number of carbonyl (C=O) groups is 2. The van der Waals surface area contributed by atoms with Crippen LogP contribution in [-0.4, -0.2) is 113 Å². The Kier molecular flexibility index (Phi) is 11.1. The molecular weight excluding hydrogens is 554 g/mol. The third-order valence-electron chi connectivity index (χ3n) is 7.49. The molecule has 43 heavy (non-hydrogen) atoms. The largest absolute Gasteiger partial charge is 0.497 e. The molecule has 0 aliphatic carbocycles. The van der Waals surface area contributed by atoms with Gasteiger partial charge in [0.1, 0.15) is 18.0 Å². The summed E-state index contributed by atoms with van der Waals surface area (Å²) in [7, 11) is 6.33. The number of rotatable bonds is 12. The lowest BCUT2D eigenvalue weighted by atomic mass is 9.97. The summed E-state index contributed by atoms with van der Waals surface area (Å²) in [4.78, 5) is 31.1. The van der Waals surface area contributed by atoms with Gasteiger partial charge < -0.3 is 33.9 Å². The number of nitrogens with one attached hydrogen (secondary N) is 1. The highest BCUT2D eigenvalue weighted by Crippen LogP contribution is 2.39. The number of hydrazone groups is 1. The molecule has 12 heteroatoms. The van der Waals surface area contributed by atoms with E-state index in [4.69, 9.17) is 28.8 Å². The molecule has 1 fully saturated rings. The zero-order valence-electron chi connectivity index (χ0n) is 25.9. The van der Waals surface area contributed by atoms with Gasteiger partial charge in [-0.3, -0.25) is 9.69 Å². The van der Waals surface area contributed by atoms with Crippen LogP contribution < -0.4 is 24.3 Å². The first-order valence-corrected chi connectivity index (χ1v) is 14.5. The number of hydrogen-bond donors (Lipinski definition) is 1. The molecule has 12 nitrogen and oxygen atoms in total. The monoisotopic (exact) mass is 597 g/mol. The Balaban J connectivity index is 1.65. The van der Waals surface area contributed by atoms with E-state index in [0.717, 1.165) is 24.2 Å². The van der Waals surface area contributed by atoms with E-state index in [1.807, 2.05) is 44.2 Å². The van der Waals surface area contributed by atoms with Gasteiger partial charge in [-0.05, 0) is 43.7 Å². The van der Waals surface area contributed by atoms with E-state index in [0.29, 0.717) is 61.4 Å². The SMILES string of the molecule is COc1ccc(C2=NN(C(=O)CN(CCN3CCOCC3)C(=O)NC(C)C)C(c3ccc(OC)c(OC)c3)C2)c(OC)c1. The Bertz CT molecular complexity index is 1300. The van der Waals surface area contributed by atoms with Crippen LogP contribution in [0, 0.1) is 0 Å². The predicted molar refractivity (Wildman–Crippen MR) is 162 cm³/mol. The fourth-order valence-electron chi connectivity index (χ4n) is 5.17. The van der Waals surface area contributed by atoms with Gasteiger partial charge in [0.2, 0.25) is 0 Å². The van der Waals surface area contributed by atoms with Crippen LogP contribution in [0.5, 0.6) is 23.0 Å². The molecule has 1 unspecified atom stereocenters. The van der Waals surface area contributed by atoms with Crippen molar-refractivity contribution >= 4 is 17.6 Å². The van der Waals surface area contributed by atoms with Crippen LogP contribution in [0.2, 0.25) is 0 Å². The molecule has 1 N–H and O–H groups in total. The first-order valence-electron chi connectivity index (χ1n) is 14.5. The van der Waals surface area contributed by atoms with Crippen LogP contribution in [0.1, 0.15) is 37.4 Å². The molecule has 2 aliphatic rings. The van der Waals surface area contributed by atoms with Crippen molar-refractivity contribution in [1.82, 2.24) is 20.1 Å². The van der Waals surface area contributed by atoms with Gasteiger partial charge in [-0.2, -0.15) is 5.10 Å². The number of carbonyl (C=O) groups excluding carboxylic acids is 2. The molecule has 4 rings (SSSR count). The van der Waals surface area contributed by atoms with Gasteiger partial charge in [0.15, 0.2) is 11.5 Å². The molecule has 2 heterocycles. The second-order valence-electron chi connectivity index (χ2n) is 10.7. The molecule has 1 saturated heterocycles. The number of nitrogens with zero attached hydrogens (tertiary/aromatic N) is 4. The first-order chi connectivity index (χ1) is 20.8. The third kappa shape index (κ3) is 7.88. The second-order valence-corrected chi connectivity index (χ2v) is 10.7. The summed E-state index contributed by atoms with van der Waals surface area (Å²) in [6.07, 6.45) is 0.426. The smallest absolute Gasteiger partial charge is 0.318 e. The lowest BCUT2D eigenvalue weighted by Gasteiger charge is -2.31. The van der Waals surface area contributed by atoms with Crippen LogP contribution in [0.3, 0.4) is 0 Å². The quantitative estimate of drug-likeness (QED) is 0.397. The molecular formula is C31H43N5O7. The van der Waals surface area contributed by atoms with Crippen LogP contribution in [0.15, 0.2) is 41.5 Å². The highest BCUT2D eigenvalue weighted by molar-refractivity contribution is 6.05. The van der Waals surface area contributed by atoms with E-state index in [1.165, 1.54) is 5.01 Å². The van der Waals surface area contributed by atoms with Crippen molar-refractivity contribution in [1.29, 1.82) is 0 Å². The lowest BCUT2D eigenvalue weighted by molar-refractivity contribution is -0.133. The molecule has 0 bridgehead atoms. The Labute approximate surface area is 253 Å². The van der Waals surface area contributed by atoms with E-state index in [9.17, 15) is 9.59 Å². The lowest BCUT2D eigenvalue weighted by Crippen LogP contribution is -2.50. The van der Waals surface area contributed by atoms with Crippen molar-refractivity contribution in [3.8, 4) is 23.0 Å². The summed E-state index contributed by atoms with van der Waals surface area (Å²) in [6, 6.07) is 10.3. The molecule has 234 valence electrons. The van der Waals surface area contributed by atoms with Crippen LogP contribution in [-0.2, 0) is 9.53 Å². The minimum atomic E-state index is -0.441. The molecule has 2 aliphatic heterocycles. The summed E-state index contributed by atoms with van der Waals surface area (Å²) in [5, 5.41) is 9.24. The fourth-order valence-corrected chi connectivity index (χ4v) is 5.17. The van der Waals surface area contributed by atoms with Gasteiger partial charge in [-0.25, -0.2) is 9.80 Å². The number of benzene rings is 2. The first kappa shape index (κ1) is 31.9. The Morgan fingerprint density at radius 2 is 1.70 bits per heavy atom. The number of urea groups is 1. The van der Waals surface area contributed by atoms with E-state index in [2.05, 4.69) is 10.2 Å². The number of ether oxygens (including phenoxy) is 5. The maximum Gasteiger partial charge on any atom is 0.318 e. The van der Waals surface area contributed by atoms with Crippen molar-refractivity contribution in [2.75, 3.05) is 74.4 Å². The number of methoxy groups -OCH3 is 4. The number of amides is 3. The highest BCUT2D eigenvalue weighted by Gasteiger charge is 2.36. The van der Waals surface area contributed by atoms with Gasteiger partial charge in [0.25, 0.3) is 5.91 Å². The van der Waals surface area contributed by atoms with Gasteiger partial charge >= 0.3 is 6.03 Å². The maximum absolute atomic E-state index is 14.0. The zero-order valence-corrected chi connectivity index (χ0v) is 25.9. The van der Waals surface area contributed by atoms with Crippen LogP contribution >= 0.6 is 0 Å². The molecule has 0 radical (unpaired) electrons. The normalized spacial score (nSPS) is 17.0. The fraction of sp³-hybridized carbons (Fsp3) is 0.516. The molecule has 2 aromatic carbocycles. The van der Waals surface area contributed by atoms with Gasteiger partial charge in [-0.15, -0.1) is 0 Å². The predicted octanol–water partition coefficient (Wildman–Crippen LogP) is 3.15. The molecule has 0 spiro atoms. The van der Waals surface area contributed by atoms with Crippen molar-refractivity contribution in [2.24, 2.45) is 5.10 Å². The molecule has 1 atom stereocenters. The summed E-state index contributed by atoms with van der Waals surface area (Å²) >= 11 is 0. The minimum absolute atomic E-state index is 0.0769. The zero-order chi connectivity index (χ0) is 30.9. The van der Waals surface area contributed by atoms with Crippen molar-refractivity contribution in [3.05, 3.63) is 47.5 Å². The summed E-state index contributed by atoms with van der Waals surface area (Å²) < 4.78 is 27.5. The Morgan fingerprint density at radius 3 is 2.35 bits per heavy atom. The number of morpholine rings is 1. The summed E-state index contributed by atoms with van der Waals surface area (Å²) in [5.74, 6) is 2.06. The Morgan fingerprint density at radius 1 is 0.977 bits per heavy atom. The topological polar surface area (TPSA) is 114 Å².